The minimum absolute atomic E-state index is 0. The first-order valence-corrected chi connectivity index (χ1v) is 2.52. The first-order chi connectivity index (χ1) is 3.39. The molecule has 0 aromatic heterocycles. The van der Waals surface area contributed by atoms with E-state index in [-0.39, 0.29) is 18.6 Å². The summed E-state index contributed by atoms with van der Waals surface area (Å²) in [5.74, 6) is 0. The molecule has 8 heavy (non-hydrogen) atoms. The Kier molecular flexibility index (Phi) is 4.18. The molecule has 1 rings (SSSR count). The Morgan fingerprint density at radius 1 is 1.38 bits per heavy atom. The molecule has 50 valence electrons. The number of halogens is 1. The van der Waals surface area contributed by atoms with Crippen LogP contribution in [0.15, 0.2) is 0 Å². The van der Waals surface area contributed by atoms with Crippen LogP contribution in [0.25, 0.3) is 0 Å². The van der Waals surface area contributed by atoms with Gasteiger partial charge >= 0.3 is 0 Å². The Labute approximate surface area is 54.9 Å². The highest BCUT2D eigenvalue weighted by atomic mass is 35.5. The normalized spacial score (nSPS) is 28.9. The van der Waals surface area contributed by atoms with Gasteiger partial charge < -0.3 is 10.4 Å². The van der Waals surface area contributed by atoms with Crippen molar-refractivity contribution in [1.82, 2.24) is 10.6 Å². The monoisotopic (exact) mass is 138 g/mol. The molecule has 3 nitrogen and oxygen atoms in total. The second-order valence-electron chi connectivity index (χ2n) is 1.67. The first kappa shape index (κ1) is 8.17. The minimum Gasteiger partial charge on any atom is -0.377 e. The highest BCUT2D eigenvalue weighted by molar-refractivity contribution is 5.85. The molecule has 3 N–H and O–H groups in total. The fourth-order valence-corrected chi connectivity index (χ4v) is 0.638. The number of aliphatic hydroxyl groups is 1. The molecule has 0 aromatic rings. The van der Waals surface area contributed by atoms with Gasteiger partial charge in [-0.1, -0.05) is 0 Å². The highest BCUT2D eigenvalue weighted by Crippen LogP contribution is 1.77. The zero-order chi connectivity index (χ0) is 5.11. The Bertz CT molecular complexity index is 56.0. The van der Waals surface area contributed by atoms with Crippen LogP contribution >= 0.6 is 12.4 Å². The summed E-state index contributed by atoms with van der Waals surface area (Å²) in [6.45, 7) is 2.53. The molecular weight excluding hydrogens is 128 g/mol. The summed E-state index contributed by atoms with van der Waals surface area (Å²) in [6, 6.07) is 0. The molecular formula is C4H11ClN2O. The van der Waals surface area contributed by atoms with Gasteiger partial charge in [-0.05, 0) is 0 Å². The SMILES string of the molecule is Cl.O[C@@H]1CNCCN1. The number of nitrogens with one attached hydrogen (secondary N) is 2. The molecule has 4 heteroatoms. The lowest BCUT2D eigenvalue weighted by molar-refractivity contribution is 0.120. The smallest absolute Gasteiger partial charge is 0.117 e. The summed E-state index contributed by atoms with van der Waals surface area (Å²) in [7, 11) is 0. The van der Waals surface area contributed by atoms with Crippen molar-refractivity contribution in [3.05, 3.63) is 0 Å². The van der Waals surface area contributed by atoms with Gasteiger partial charge in [-0.25, -0.2) is 0 Å². The third-order valence-electron chi connectivity index (χ3n) is 1.02. The van der Waals surface area contributed by atoms with E-state index in [1.165, 1.54) is 0 Å². The third kappa shape index (κ3) is 2.47. The van der Waals surface area contributed by atoms with Crippen molar-refractivity contribution < 1.29 is 5.11 Å². The molecule has 1 heterocycles. The van der Waals surface area contributed by atoms with E-state index in [0.717, 1.165) is 13.1 Å². The second kappa shape index (κ2) is 4.09. The Morgan fingerprint density at radius 2 is 2.12 bits per heavy atom. The molecule has 1 atom stereocenters. The van der Waals surface area contributed by atoms with Crippen molar-refractivity contribution in [1.29, 1.82) is 0 Å². The first-order valence-electron chi connectivity index (χ1n) is 2.52. The van der Waals surface area contributed by atoms with E-state index in [9.17, 15) is 0 Å². The summed E-state index contributed by atoms with van der Waals surface area (Å²) in [4.78, 5) is 0. The summed E-state index contributed by atoms with van der Waals surface area (Å²) in [6.07, 6.45) is -0.325. The van der Waals surface area contributed by atoms with Crippen LogP contribution in [0.2, 0.25) is 0 Å². The number of rotatable bonds is 0. The van der Waals surface area contributed by atoms with Crippen LogP contribution in [0.4, 0.5) is 0 Å². The number of β-amino-alcohol motifs (C(OH)–C–C–N with tert-alkyl or cyclic N) is 1. The third-order valence-corrected chi connectivity index (χ3v) is 1.02. The molecule has 1 fully saturated rings. The van der Waals surface area contributed by atoms with E-state index in [2.05, 4.69) is 10.6 Å². The zero-order valence-electron chi connectivity index (χ0n) is 4.55. The maximum atomic E-state index is 8.74. The lowest BCUT2D eigenvalue weighted by atomic mass is 10.4. The van der Waals surface area contributed by atoms with Crippen LogP contribution in [0.3, 0.4) is 0 Å². The van der Waals surface area contributed by atoms with Crippen LogP contribution < -0.4 is 10.6 Å². The fourth-order valence-electron chi connectivity index (χ4n) is 0.638. The molecule has 0 amide bonds. The molecule has 1 aliphatic heterocycles. The predicted octanol–water partition coefficient (Wildman–Crippen LogP) is -1.08. The molecule has 0 aromatic carbocycles. The van der Waals surface area contributed by atoms with E-state index in [1.54, 1.807) is 0 Å². The van der Waals surface area contributed by atoms with Gasteiger partial charge in [0, 0.05) is 19.6 Å². The van der Waals surface area contributed by atoms with Gasteiger partial charge in [0.2, 0.25) is 0 Å². The average Bonchev–Trinajstić information content (AvgIpc) is 1.69. The number of hydrogen-bond donors (Lipinski definition) is 3. The van der Waals surface area contributed by atoms with Gasteiger partial charge in [0.25, 0.3) is 0 Å². The maximum Gasteiger partial charge on any atom is 0.117 e. The van der Waals surface area contributed by atoms with Gasteiger partial charge in [0.1, 0.15) is 6.23 Å². The molecule has 0 spiro atoms. The van der Waals surface area contributed by atoms with Crippen molar-refractivity contribution >= 4 is 12.4 Å². The summed E-state index contributed by atoms with van der Waals surface area (Å²) < 4.78 is 0. The molecule has 0 unspecified atom stereocenters. The lowest BCUT2D eigenvalue weighted by Crippen LogP contribution is -2.47. The average molecular weight is 139 g/mol. The van der Waals surface area contributed by atoms with Crippen molar-refractivity contribution in [3.63, 3.8) is 0 Å². The van der Waals surface area contributed by atoms with E-state index in [1.807, 2.05) is 0 Å². The van der Waals surface area contributed by atoms with Crippen molar-refractivity contribution in [2.75, 3.05) is 19.6 Å². The van der Waals surface area contributed by atoms with Crippen molar-refractivity contribution in [2.24, 2.45) is 0 Å². The van der Waals surface area contributed by atoms with E-state index >= 15 is 0 Å². The Morgan fingerprint density at radius 3 is 2.38 bits per heavy atom. The maximum absolute atomic E-state index is 8.74. The van der Waals surface area contributed by atoms with Gasteiger partial charge in [-0.2, -0.15) is 0 Å². The van der Waals surface area contributed by atoms with E-state index in [0.29, 0.717) is 6.54 Å². The summed E-state index contributed by atoms with van der Waals surface area (Å²) >= 11 is 0. The molecule has 0 bridgehead atoms. The second-order valence-corrected chi connectivity index (χ2v) is 1.67. The zero-order valence-corrected chi connectivity index (χ0v) is 5.37. The van der Waals surface area contributed by atoms with Crippen LogP contribution in [0, 0.1) is 0 Å². The van der Waals surface area contributed by atoms with E-state index in [4.69, 9.17) is 5.11 Å². The predicted molar refractivity (Wildman–Crippen MR) is 34.1 cm³/mol. The van der Waals surface area contributed by atoms with Gasteiger partial charge in [-0.3, -0.25) is 5.32 Å². The Balaban J connectivity index is 0.000000490. The molecule has 1 aliphatic rings. The number of hydrogen-bond acceptors (Lipinski definition) is 3. The fraction of sp³-hybridized carbons (Fsp3) is 1.00. The largest absolute Gasteiger partial charge is 0.377 e. The van der Waals surface area contributed by atoms with Crippen molar-refractivity contribution in [2.45, 2.75) is 6.23 Å². The standard InChI is InChI=1S/C4H10N2O.ClH/c7-4-3-5-1-2-6-4;/h4-7H,1-3H2;1H/t4-;/m1./s1. The molecule has 0 radical (unpaired) electrons. The number of piperazine rings is 1. The molecule has 0 aliphatic carbocycles. The molecule has 0 saturated carbocycles. The summed E-state index contributed by atoms with van der Waals surface area (Å²) in [5.41, 5.74) is 0. The lowest BCUT2D eigenvalue weighted by Gasteiger charge is -2.18. The van der Waals surface area contributed by atoms with Crippen molar-refractivity contribution in [3.8, 4) is 0 Å². The van der Waals surface area contributed by atoms with Crippen LogP contribution in [0.1, 0.15) is 0 Å². The highest BCUT2D eigenvalue weighted by Gasteiger charge is 2.04. The minimum atomic E-state index is -0.325. The van der Waals surface area contributed by atoms with Crippen LogP contribution in [-0.2, 0) is 0 Å². The topological polar surface area (TPSA) is 44.3 Å². The van der Waals surface area contributed by atoms with Crippen LogP contribution in [0.5, 0.6) is 0 Å². The van der Waals surface area contributed by atoms with E-state index < -0.39 is 0 Å². The Hall–Kier alpha value is 0.170. The summed E-state index contributed by atoms with van der Waals surface area (Å²) in [5, 5.41) is 14.6. The quantitative estimate of drug-likeness (QED) is 0.399. The van der Waals surface area contributed by atoms with Crippen LogP contribution in [-0.4, -0.2) is 31.0 Å². The van der Waals surface area contributed by atoms with Gasteiger partial charge in [-0.15, -0.1) is 12.4 Å². The number of aliphatic hydroxyl groups excluding tert-OH is 1. The molecule has 1 saturated heterocycles. The van der Waals surface area contributed by atoms with Gasteiger partial charge in [0.05, 0.1) is 0 Å². The van der Waals surface area contributed by atoms with Gasteiger partial charge in [0.15, 0.2) is 0 Å².